The number of pyridine rings is 1. The molecule has 0 aliphatic heterocycles. The summed E-state index contributed by atoms with van der Waals surface area (Å²) in [6, 6.07) is 2.45. The van der Waals surface area contributed by atoms with Crippen LogP contribution in [0.4, 0.5) is 5.69 Å². The van der Waals surface area contributed by atoms with Crippen LogP contribution in [0.25, 0.3) is 0 Å². The molecule has 13 heavy (non-hydrogen) atoms. The molecule has 0 aromatic carbocycles. The van der Waals surface area contributed by atoms with Crippen molar-refractivity contribution in [2.24, 2.45) is 5.92 Å². The van der Waals surface area contributed by atoms with Crippen LogP contribution in [-0.2, 0) is 0 Å². The number of aromatic nitrogens is 1. The maximum atomic E-state index is 5.97. The Morgan fingerprint density at radius 2 is 2.38 bits per heavy atom. The maximum absolute atomic E-state index is 5.97. The highest BCUT2D eigenvalue weighted by Gasteiger charge is 2.27. The Balaban J connectivity index is 2.03. The van der Waals surface area contributed by atoms with Crippen LogP contribution in [0.5, 0.6) is 0 Å². The van der Waals surface area contributed by atoms with E-state index in [2.05, 4.69) is 17.2 Å². The van der Waals surface area contributed by atoms with Gasteiger partial charge in [-0.05, 0) is 31.7 Å². The van der Waals surface area contributed by atoms with Crippen molar-refractivity contribution in [2.75, 3.05) is 5.32 Å². The minimum atomic E-state index is 0.528. The van der Waals surface area contributed by atoms with E-state index in [4.69, 9.17) is 11.6 Å². The summed E-state index contributed by atoms with van der Waals surface area (Å²) in [4.78, 5) is 3.94. The van der Waals surface area contributed by atoms with Gasteiger partial charge in [0.2, 0.25) is 0 Å². The maximum Gasteiger partial charge on any atom is 0.0820 e. The molecule has 0 radical (unpaired) electrons. The highest BCUT2D eigenvalue weighted by atomic mass is 35.5. The first-order chi connectivity index (χ1) is 6.27. The lowest BCUT2D eigenvalue weighted by molar-refractivity contribution is 0.694. The van der Waals surface area contributed by atoms with Gasteiger partial charge in [0.1, 0.15) is 0 Å². The second-order valence-electron chi connectivity index (χ2n) is 3.63. The predicted octanol–water partition coefficient (Wildman–Crippen LogP) is 2.95. The molecule has 1 unspecified atom stereocenters. The molecule has 1 aliphatic carbocycles. The Bertz CT molecular complexity index is 297. The van der Waals surface area contributed by atoms with Crippen LogP contribution >= 0.6 is 11.6 Å². The Hall–Kier alpha value is -0.760. The summed E-state index contributed by atoms with van der Waals surface area (Å²) in [5.74, 6) is 0.837. The van der Waals surface area contributed by atoms with Crippen molar-refractivity contribution < 1.29 is 0 Å². The molecule has 0 saturated heterocycles. The van der Waals surface area contributed by atoms with E-state index in [1.807, 2.05) is 6.07 Å². The van der Waals surface area contributed by atoms with Crippen molar-refractivity contribution in [3.63, 3.8) is 0 Å². The second-order valence-corrected chi connectivity index (χ2v) is 4.03. The van der Waals surface area contributed by atoms with Gasteiger partial charge in [-0.2, -0.15) is 0 Å². The number of nitrogens with zero attached hydrogens (tertiary/aromatic N) is 1. The molecular weight excluding hydrogens is 184 g/mol. The van der Waals surface area contributed by atoms with Crippen LogP contribution in [0.2, 0.25) is 5.02 Å². The summed E-state index contributed by atoms with van der Waals surface area (Å²) in [7, 11) is 0. The summed E-state index contributed by atoms with van der Waals surface area (Å²) in [5.41, 5.74) is 0.996. The Morgan fingerprint density at radius 1 is 1.62 bits per heavy atom. The smallest absolute Gasteiger partial charge is 0.0820 e. The zero-order valence-corrected chi connectivity index (χ0v) is 8.38. The average molecular weight is 197 g/mol. The number of hydrogen-bond acceptors (Lipinski definition) is 2. The van der Waals surface area contributed by atoms with Gasteiger partial charge in [-0.1, -0.05) is 11.6 Å². The summed E-state index contributed by atoms with van der Waals surface area (Å²) < 4.78 is 0. The molecule has 1 N–H and O–H groups in total. The fourth-order valence-electron chi connectivity index (χ4n) is 1.45. The van der Waals surface area contributed by atoms with Crippen molar-refractivity contribution in [2.45, 2.75) is 25.8 Å². The third-order valence-electron chi connectivity index (χ3n) is 2.48. The molecule has 2 rings (SSSR count). The first kappa shape index (κ1) is 8.82. The topological polar surface area (TPSA) is 24.9 Å². The zero-order chi connectivity index (χ0) is 9.26. The fourth-order valence-corrected chi connectivity index (χ4v) is 1.63. The van der Waals surface area contributed by atoms with E-state index in [0.717, 1.165) is 11.6 Å². The SMILES string of the molecule is CC(Nc1ccncc1Cl)C1CC1. The number of hydrogen-bond donors (Lipinski definition) is 1. The number of anilines is 1. The summed E-state index contributed by atoms with van der Waals surface area (Å²) in [6.45, 7) is 2.20. The van der Waals surface area contributed by atoms with E-state index in [0.29, 0.717) is 11.1 Å². The summed E-state index contributed by atoms with van der Waals surface area (Å²) in [5, 5.41) is 4.10. The molecule has 0 bridgehead atoms. The molecule has 3 heteroatoms. The van der Waals surface area contributed by atoms with E-state index in [1.54, 1.807) is 12.4 Å². The Morgan fingerprint density at radius 3 is 3.00 bits per heavy atom. The van der Waals surface area contributed by atoms with Gasteiger partial charge < -0.3 is 5.32 Å². The van der Waals surface area contributed by atoms with E-state index in [9.17, 15) is 0 Å². The van der Waals surface area contributed by atoms with Crippen molar-refractivity contribution in [1.82, 2.24) is 4.98 Å². The van der Waals surface area contributed by atoms with E-state index >= 15 is 0 Å². The van der Waals surface area contributed by atoms with Gasteiger partial charge in [0, 0.05) is 18.4 Å². The molecule has 1 heterocycles. The van der Waals surface area contributed by atoms with Crippen LogP contribution in [0.15, 0.2) is 18.5 Å². The third kappa shape index (κ3) is 2.13. The quantitative estimate of drug-likeness (QED) is 0.804. The number of rotatable bonds is 3. The van der Waals surface area contributed by atoms with Gasteiger partial charge >= 0.3 is 0 Å². The fraction of sp³-hybridized carbons (Fsp3) is 0.500. The zero-order valence-electron chi connectivity index (χ0n) is 7.63. The predicted molar refractivity (Wildman–Crippen MR) is 55.1 cm³/mol. The standard InChI is InChI=1S/C10H13ClN2/c1-7(8-2-3-8)13-10-4-5-12-6-9(10)11/h4-8H,2-3H2,1H3,(H,12,13). The van der Waals surface area contributed by atoms with Crippen molar-refractivity contribution in [3.05, 3.63) is 23.5 Å². The highest BCUT2D eigenvalue weighted by molar-refractivity contribution is 6.33. The highest BCUT2D eigenvalue weighted by Crippen LogP contribution is 2.34. The lowest BCUT2D eigenvalue weighted by Crippen LogP contribution is -2.17. The van der Waals surface area contributed by atoms with Crippen LogP contribution in [0.1, 0.15) is 19.8 Å². The number of halogens is 1. The van der Waals surface area contributed by atoms with Gasteiger partial charge in [0.25, 0.3) is 0 Å². The molecule has 1 atom stereocenters. The van der Waals surface area contributed by atoms with Crippen molar-refractivity contribution >= 4 is 17.3 Å². The van der Waals surface area contributed by atoms with Gasteiger partial charge in [-0.3, -0.25) is 4.98 Å². The first-order valence-corrected chi connectivity index (χ1v) is 5.01. The van der Waals surface area contributed by atoms with Gasteiger partial charge in [-0.15, -0.1) is 0 Å². The van der Waals surface area contributed by atoms with Crippen LogP contribution in [-0.4, -0.2) is 11.0 Å². The monoisotopic (exact) mass is 196 g/mol. The summed E-state index contributed by atoms with van der Waals surface area (Å²) in [6.07, 6.45) is 6.12. The molecular formula is C10H13ClN2. The first-order valence-electron chi connectivity index (χ1n) is 4.63. The molecule has 0 spiro atoms. The minimum Gasteiger partial charge on any atom is -0.381 e. The molecule has 1 saturated carbocycles. The molecule has 1 fully saturated rings. The molecule has 1 aromatic rings. The molecule has 0 amide bonds. The normalized spacial score (nSPS) is 18.3. The van der Waals surface area contributed by atoms with Crippen LogP contribution in [0, 0.1) is 5.92 Å². The minimum absolute atomic E-state index is 0.528. The molecule has 1 aliphatic rings. The van der Waals surface area contributed by atoms with Crippen molar-refractivity contribution in [3.8, 4) is 0 Å². The van der Waals surface area contributed by atoms with Gasteiger partial charge in [-0.25, -0.2) is 0 Å². The van der Waals surface area contributed by atoms with Crippen LogP contribution < -0.4 is 5.32 Å². The van der Waals surface area contributed by atoms with E-state index in [1.165, 1.54) is 12.8 Å². The molecule has 1 aromatic heterocycles. The second kappa shape index (κ2) is 3.54. The Kier molecular flexibility index (Phi) is 2.40. The van der Waals surface area contributed by atoms with Gasteiger partial charge in [0.05, 0.1) is 10.7 Å². The molecule has 70 valence electrons. The lowest BCUT2D eigenvalue weighted by Gasteiger charge is -2.14. The molecule has 2 nitrogen and oxygen atoms in total. The average Bonchev–Trinajstić information content (AvgIpc) is 2.91. The van der Waals surface area contributed by atoms with Crippen molar-refractivity contribution in [1.29, 1.82) is 0 Å². The third-order valence-corrected chi connectivity index (χ3v) is 2.79. The number of nitrogens with one attached hydrogen (secondary N) is 1. The van der Waals surface area contributed by atoms with E-state index < -0.39 is 0 Å². The lowest BCUT2D eigenvalue weighted by atomic mass is 10.2. The summed E-state index contributed by atoms with van der Waals surface area (Å²) >= 11 is 5.97. The van der Waals surface area contributed by atoms with Crippen LogP contribution in [0.3, 0.4) is 0 Å². The largest absolute Gasteiger partial charge is 0.381 e. The Labute approximate surface area is 83.3 Å². The van der Waals surface area contributed by atoms with Gasteiger partial charge in [0.15, 0.2) is 0 Å². The van der Waals surface area contributed by atoms with E-state index in [-0.39, 0.29) is 0 Å².